The first kappa shape index (κ1) is 36.5. The molecule has 1 aromatic heterocycles. The van der Waals surface area contributed by atoms with Crippen LogP contribution in [-0.2, 0) is 30.8 Å². The number of nitrogens with one attached hydrogen (secondary N) is 1. The van der Waals surface area contributed by atoms with Crippen molar-refractivity contribution in [3.8, 4) is 5.75 Å². The van der Waals surface area contributed by atoms with Crippen LogP contribution in [0, 0.1) is 34.2 Å². The Morgan fingerprint density at radius 3 is 2.31 bits per heavy atom. The Morgan fingerprint density at radius 2 is 1.65 bits per heavy atom. The molecule has 276 valence electrons. The van der Waals surface area contributed by atoms with E-state index >= 15 is 4.79 Å². The van der Waals surface area contributed by atoms with Crippen molar-refractivity contribution in [1.82, 2.24) is 9.99 Å². The van der Waals surface area contributed by atoms with Crippen molar-refractivity contribution in [2.75, 3.05) is 10.3 Å². The number of para-hydroxylation sites is 1. The van der Waals surface area contributed by atoms with Gasteiger partial charge in [-0.3, -0.25) is 29.5 Å². The van der Waals surface area contributed by atoms with Crippen molar-refractivity contribution in [3.05, 3.63) is 127 Å². The summed E-state index contributed by atoms with van der Waals surface area (Å²) in [5.41, 5.74) is 1.95. The third-order valence-corrected chi connectivity index (χ3v) is 12.5. The minimum atomic E-state index is -4.75. The molecule has 1 saturated carbocycles. The van der Waals surface area contributed by atoms with Crippen LogP contribution < -0.4 is 10.3 Å². The molecule has 9 nitrogen and oxygen atoms in total. The minimum Gasteiger partial charge on any atom is -0.507 e. The molecular formula is C39H28Cl2F3IN4O5. The highest BCUT2D eigenvalue weighted by atomic mass is 127. The van der Waals surface area contributed by atoms with Gasteiger partial charge in [0.05, 0.1) is 39.4 Å². The Bertz CT molecular complexity index is 2300. The number of nitrogens with zero attached hydrogens (tertiary/aromatic N) is 3. The van der Waals surface area contributed by atoms with Crippen LogP contribution in [0.25, 0.3) is 0 Å². The van der Waals surface area contributed by atoms with E-state index in [2.05, 4.69) is 33.0 Å². The quantitative estimate of drug-likeness (QED) is 0.118. The molecular weight excluding hydrogens is 859 g/mol. The summed E-state index contributed by atoms with van der Waals surface area (Å²) < 4.78 is 41.3. The van der Waals surface area contributed by atoms with Crippen LogP contribution in [0.5, 0.6) is 5.75 Å². The number of halogens is 6. The van der Waals surface area contributed by atoms with Gasteiger partial charge in [-0.25, -0.2) is 4.98 Å². The zero-order valence-corrected chi connectivity index (χ0v) is 31.7. The Balaban J connectivity index is 1.32. The second-order valence-electron chi connectivity index (χ2n) is 13.9. The highest BCUT2D eigenvalue weighted by Crippen LogP contribution is 2.65. The highest BCUT2D eigenvalue weighted by molar-refractivity contribution is 14.1. The van der Waals surface area contributed by atoms with Gasteiger partial charge >= 0.3 is 6.18 Å². The van der Waals surface area contributed by atoms with Crippen molar-refractivity contribution in [2.45, 2.75) is 37.3 Å². The first-order chi connectivity index (χ1) is 25.6. The van der Waals surface area contributed by atoms with Gasteiger partial charge in [-0.1, -0.05) is 65.2 Å². The SMILES string of the molecule is Cc1cccc(C2C3=CCC4C(=O)N(c5ccc(I)cc5)C(=O)C4C3CC3C(=O)N(Nc4ncc(C(F)(F)F)cc4Cl)C(=O)C32c2ccc(Cl)cc2)c1O. The monoisotopic (exact) mass is 886 g/mol. The molecule has 3 heterocycles. The van der Waals surface area contributed by atoms with Crippen LogP contribution in [0.2, 0.25) is 10.0 Å². The molecule has 2 aliphatic carbocycles. The summed E-state index contributed by atoms with van der Waals surface area (Å²) in [6, 6.07) is 19.1. The van der Waals surface area contributed by atoms with Crippen LogP contribution in [-0.4, -0.2) is 38.7 Å². The lowest BCUT2D eigenvalue weighted by Gasteiger charge is -2.50. The van der Waals surface area contributed by atoms with Crippen molar-refractivity contribution >= 4 is 80.9 Å². The van der Waals surface area contributed by atoms with Gasteiger partial charge in [-0.05, 0) is 102 Å². The van der Waals surface area contributed by atoms with Gasteiger partial charge < -0.3 is 5.11 Å². The molecule has 8 rings (SSSR count). The number of phenols is 1. The van der Waals surface area contributed by atoms with Crippen molar-refractivity contribution in [1.29, 1.82) is 0 Å². The Labute approximate surface area is 330 Å². The van der Waals surface area contributed by atoms with Crippen LogP contribution in [0.1, 0.15) is 41.0 Å². The largest absolute Gasteiger partial charge is 0.507 e. The smallest absolute Gasteiger partial charge is 0.417 e. The predicted octanol–water partition coefficient (Wildman–Crippen LogP) is 8.22. The van der Waals surface area contributed by atoms with Crippen LogP contribution >= 0.6 is 45.8 Å². The van der Waals surface area contributed by atoms with E-state index in [9.17, 15) is 32.7 Å². The Hall–Kier alpha value is -4.47. The topological polar surface area (TPSA) is 120 Å². The number of rotatable bonds is 5. The molecule has 6 atom stereocenters. The zero-order chi connectivity index (χ0) is 38.4. The lowest BCUT2D eigenvalue weighted by molar-refractivity contribution is -0.139. The van der Waals surface area contributed by atoms with E-state index in [-0.39, 0.29) is 30.3 Å². The fourth-order valence-electron chi connectivity index (χ4n) is 8.89. The van der Waals surface area contributed by atoms with Gasteiger partial charge in [-0.2, -0.15) is 18.2 Å². The molecule has 0 spiro atoms. The van der Waals surface area contributed by atoms with Crippen LogP contribution in [0.4, 0.5) is 24.7 Å². The number of pyridine rings is 1. The third-order valence-electron chi connectivity index (χ3n) is 11.2. The molecule has 0 bridgehead atoms. The zero-order valence-electron chi connectivity index (χ0n) is 28.1. The summed E-state index contributed by atoms with van der Waals surface area (Å²) >= 11 is 14.7. The maximum atomic E-state index is 15.3. The Morgan fingerprint density at radius 1 is 0.944 bits per heavy atom. The normalized spacial score (nSPS) is 26.4. The molecule has 3 aromatic carbocycles. The number of amides is 4. The number of benzene rings is 3. The maximum absolute atomic E-state index is 15.3. The third kappa shape index (κ3) is 5.44. The number of aryl methyl sites for hydroxylation is 1. The van der Waals surface area contributed by atoms with Crippen LogP contribution in [0.3, 0.4) is 0 Å². The number of hydrazine groups is 1. The molecule has 4 amide bonds. The van der Waals surface area contributed by atoms with Gasteiger partial charge in [0.1, 0.15) is 5.75 Å². The highest BCUT2D eigenvalue weighted by Gasteiger charge is 2.70. The molecule has 2 saturated heterocycles. The molecule has 2 aliphatic heterocycles. The predicted molar refractivity (Wildman–Crippen MR) is 201 cm³/mol. The molecule has 0 radical (unpaired) electrons. The van der Waals surface area contributed by atoms with E-state index < -0.39 is 69.5 Å². The Kier molecular flexibility index (Phi) is 8.85. The second kappa shape index (κ2) is 13.1. The number of anilines is 2. The number of hydrogen-bond donors (Lipinski definition) is 2. The average molecular weight is 887 g/mol. The number of aromatic nitrogens is 1. The van der Waals surface area contributed by atoms with E-state index in [4.69, 9.17) is 23.2 Å². The first-order valence-corrected chi connectivity index (χ1v) is 18.7. The lowest BCUT2D eigenvalue weighted by atomic mass is 9.49. The average Bonchev–Trinajstić information content (AvgIpc) is 3.51. The van der Waals surface area contributed by atoms with E-state index in [1.165, 1.54) is 4.90 Å². The standard InChI is InChI=1S/C39H28Cl2F3IN4O5/c1-18-3-2-4-26(32(18)50)31-24-13-14-25-30(36(53)48(34(25)51)23-11-9-22(45)10-12-23)27(24)16-28-35(52)49(37(54)38(28,31)19-5-7-21(40)8-6-19)47-33-29(41)15-20(17-46-33)39(42,43)44/h2-13,15,17,25,27-28,30-31,50H,14,16H2,1H3,(H,46,47). The lowest BCUT2D eigenvalue weighted by Crippen LogP contribution is -2.53. The molecule has 4 aromatic rings. The summed E-state index contributed by atoms with van der Waals surface area (Å²) in [5.74, 6) is -7.40. The summed E-state index contributed by atoms with van der Waals surface area (Å²) in [4.78, 5) is 63.5. The molecule has 2 N–H and O–H groups in total. The second-order valence-corrected chi connectivity index (χ2v) is 16.0. The molecule has 15 heteroatoms. The fraction of sp³-hybridized carbons (Fsp3) is 0.256. The first-order valence-electron chi connectivity index (χ1n) is 16.9. The molecule has 3 fully saturated rings. The van der Waals surface area contributed by atoms with Gasteiger partial charge in [0.25, 0.3) is 11.8 Å². The number of phenolic OH excluding ortho intramolecular Hbond substituents is 1. The fourth-order valence-corrected chi connectivity index (χ4v) is 9.58. The summed E-state index contributed by atoms with van der Waals surface area (Å²) in [6.45, 7) is 1.70. The minimum absolute atomic E-state index is 0.0465. The van der Waals surface area contributed by atoms with Gasteiger partial charge in [0, 0.05) is 26.3 Å². The van der Waals surface area contributed by atoms with Crippen molar-refractivity contribution < 1.29 is 37.5 Å². The van der Waals surface area contributed by atoms with E-state index in [0.717, 1.165) is 8.58 Å². The molecule has 54 heavy (non-hydrogen) atoms. The number of aromatic hydroxyl groups is 1. The number of imide groups is 2. The summed E-state index contributed by atoms with van der Waals surface area (Å²) in [5, 5.41) is 12.3. The van der Waals surface area contributed by atoms with E-state index in [1.54, 1.807) is 73.7 Å². The molecule has 6 unspecified atom stereocenters. The van der Waals surface area contributed by atoms with Crippen LogP contribution in [0.15, 0.2) is 90.6 Å². The van der Waals surface area contributed by atoms with Crippen molar-refractivity contribution in [3.63, 3.8) is 0 Å². The van der Waals surface area contributed by atoms with Gasteiger partial charge in [-0.15, -0.1) is 0 Å². The number of fused-ring (bicyclic) bond motifs is 4. The van der Waals surface area contributed by atoms with Crippen molar-refractivity contribution in [2.24, 2.45) is 23.7 Å². The number of hydrogen-bond acceptors (Lipinski definition) is 7. The number of carbonyl (C=O) groups excluding carboxylic acids is 4. The summed E-state index contributed by atoms with van der Waals surface area (Å²) in [7, 11) is 0. The van der Waals surface area contributed by atoms with Gasteiger partial charge in [0.2, 0.25) is 11.8 Å². The van der Waals surface area contributed by atoms with E-state index in [0.29, 0.717) is 45.2 Å². The summed E-state index contributed by atoms with van der Waals surface area (Å²) in [6.07, 6.45) is -2.23. The van der Waals surface area contributed by atoms with E-state index in [1.807, 2.05) is 6.08 Å². The van der Waals surface area contributed by atoms with Gasteiger partial charge in [0.15, 0.2) is 5.82 Å². The maximum Gasteiger partial charge on any atom is 0.417 e. The molecule has 4 aliphatic rings. The number of alkyl halides is 3. The number of carbonyl (C=O) groups is 4. The number of allylic oxidation sites excluding steroid dienone is 2.